The van der Waals surface area contributed by atoms with Crippen LogP contribution in [0.15, 0.2) is 28.0 Å². The molecule has 0 bridgehead atoms. The molecule has 106 valence electrons. The average molecular weight is 292 g/mol. The van der Waals surface area contributed by atoms with E-state index in [-0.39, 0.29) is 5.91 Å². The lowest BCUT2D eigenvalue weighted by atomic mass is 10.1. The SMILES string of the molecule is O=C(CSc1n[nH]c(-c2ccco2)n1)N1CCCCC1. The second kappa shape index (κ2) is 6.13. The van der Waals surface area contributed by atoms with Crippen LogP contribution in [-0.2, 0) is 4.79 Å². The molecular weight excluding hydrogens is 276 g/mol. The summed E-state index contributed by atoms with van der Waals surface area (Å²) in [6.07, 6.45) is 5.04. The van der Waals surface area contributed by atoms with Crippen LogP contribution in [0.5, 0.6) is 0 Å². The highest BCUT2D eigenvalue weighted by molar-refractivity contribution is 7.99. The Morgan fingerprint density at radius 2 is 2.25 bits per heavy atom. The molecular formula is C13H16N4O2S. The Balaban J connectivity index is 1.54. The summed E-state index contributed by atoms with van der Waals surface area (Å²) in [5.41, 5.74) is 0. The summed E-state index contributed by atoms with van der Waals surface area (Å²) in [4.78, 5) is 18.3. The van der Waals surface area contributed by atoms with Crippen molar-refractivity contribution in [2.24, 2.45) is 0 Å². The molecule has 1 N–H and O–H groups in total. The summed E-state index contributed by atoms with van der Waals surface area (Å²) in [5, 5.41) is 7.47. The van der Waals surface area contributed by atoms with Crippen LogP contribution in [0, 0.1) is 0 Å². The van der Waals surface area contributed by atoms with E-state index in [0.29, 0.717) is 22.5 Å². The number of likely N-dealkylation sites (tertiary alicyclic amines) is 1. The highest BCUT2D eigenvalue weighted by Gasteiger charge is 2.17. The Hall–Kier alpha value is -1.76. The maximum atomic E-state index is 12.0. The fourth-order valence-electron chi connectivity index (χ4n) is 2.20. The number of rotatable bonds is 4. The minimum Gasteiger partial charge on any atom is -0.461 e. The van der Waals surface area contributed by atoms with Gasteiger partial charge in [0.2, 0.25) is 11.1 Å². The van der Waals surface area contributed by atoms with Gasteiger partial charge >= 0.3 is 0 Å². The van der Waals surface area contributed by atoms with Crippen LogP contribution in [0.1, 0.15) is 19.3 Å². The monoisotopic (exact) mass is 292 g/mol. The van der Waals surface area contributed by atoms with E-state index in [0.717, 1.165) is 25.9 Å². The number of amides is 1. The lowest BCUT2D eigenvalue weighted by Crippen LogP contribution is -2.36. The second-order valence-electron chi connectivity index (χ2n) is 4.67. The smallest absolute Gasteiger partial charge is 0.233 e. The fraction of sp³-hybridized carbons (Fsp3) is 0.462. The molecule has 1 fully saturated rings. The maximum Gasteiger partial charge on any atom is 0.233 e. The number of carbonyl (C=O) groups is 1. The number of hydrogen-bond acceptors (Lipinski definition) is 5. The number of piperidine rings is 1. The van der Waals surface area contributed by atoms with Crippen LogP contribution in [-0.4, -0.2) is 44.8 Å². The molecule has 3 heterocycles. The molecule has 7 heteroatoms. The quantitative estimate of drug-likeness (QED) is 0.874. The zero-order chi connectivity index (χ0) is 13.8. The molecule has 0 aromatic carbocycles. The van der Waals surface area contributed by atoms with Crippen LogP contribution in [0.4, 0.5) is 0 Å². The lowest BCUT2D eigenvalue weighted by molar-refractivity contribution is -0.129. The summed E-state index contributed by atoms with van der Waals surface area (Å²) in [6, 6.07) is 3.61. The Morgan fingerprint density at radius 3 is 3.00 bits per heavy atom. The number of nitrogens with one attached hydrogen (secondary N) is 1. The van der Waals surface area contributed by atoms with Gasteiger partial charge in [0.25, 0.3) is 0 Å². The van der Waals surface area contributed by atoms with Gasteiger partial charge in [-0.05, 0) is 31.4 Å². The van der Waals surface area contributed by atoms with Gasteiger partial charge in [-0.25, -0.2) is 0 Å². The Kier molecular flexibility index (Phi) is 4.05. The van der Waals surface area contributed by atoms with E-state index in [1.165, 1.54) is 18.2 Å². The van der Waals surface area contributed by atoms with Gasteiger partial charge in [0, 0.05) is 13.1 Å². The highest BCUT2D eigenvalue weighted by Crippen LogP contribution is 2.20. The van der Waals surface area contributed by atoms with E-state index in [1.807, 2.05) is 11.0 Å². The number of nitrogens with zero attached hydrogens (tertiary/aromatic N) is 3. The van der Waals surface area contributed by atoms with Crippen molar-refractivity contribution in [2.45, 2.75) is 24.4 Å². The van der Waals surface area contributed by atoms with E-state index in [2.05, 4.69) is 15.2 Å². The Morgan fingerprint density at radius 1 is 1.40 bits per heavy atom. The normalized spacial score (nSPS) is 15.5. The number of thioether (sulfide) groups is 1. The zero-order valence-electron chi connectivity index (χ0n) is 11.0. The summed E-state index contributed by atoms with van der Waals surface area (Å²) < 4.78 is 5.24. The molecule has 2 aromatic rings. The number of H-pyrrole nitrogens is 1. The first-order chi connectivity index (χ1) is 9.83. The van der Waals surface area contributed by atoms with Gasteiger partial charge in [-0.3, -0.25) is 9.89 Å². The summed E-state index contributed by atoms with van der Waals surface area (Å²) >= 11 is 1.35. The largest absolute Gasteiger partial charge is 0.461 e. The third-order valence-electron chi connectivity index (χ3n) is 3.25. The van der Waals surface area contributed by atoms with E-state index in [9.17, 15) is 4.79 Å². The molecule has 1 saturated heterocycles. The zero-order valence-corrected chi connectivity index (χ0v) is 11.9. The van der Waals surface area contributed by atoms with Crippen LogP contribution in [0.25, 0.3) is 11.6 Å². The minimum absolute atomic E-state index is 0.166. The molecule has 2 aromatic heterocycles. The summed E-state index contributed by atoms with van der Waals surface area (Å²) in [5.74, 6) is 1.78. The molecule has 0 atom stereocenters. The molecule has 0 saturated carbocycles. The molecule has 0 spiro atoms. The second-order valence-corrected chi connectivity index (χ2v) is 5.62. The van der Waals surface area contributed by atoms with Crippen molar-refractivity contribution in [1.82, 2.24) is 20.1 Å². The maximum absolute atomic E-state index is 12.0. The summed E-state index contributed by atoms with van der Waals surface area (Å²) in [7, 11) is 0. The molecule has 1 amide bonds. The third kappa shape index (κ3) is 3.04. The molecule has 1 aliphatic heterocycles. The summed E-state index contributed by atoms with van der Waals surface area (Å²) in [6.45, 7) is 1.76. The standard InChI is InChI=1S/C13H16N4O2S/c18-11(17-6-2-1-3-7-17)9-20-13-14-12(15-16-13)10-5-4-8-19-10/h4-5,8H,1-3,6-7,9H2,(H,14,15,16). The first kappa shape index (κ1) is 13.2. The van der Waals surface area contributed by atoms with Crippen LogP contribution >= 0.6 is 11.8 Å². The van der Waals surface area contributed by atoms with E-state index in [4.69, 9.17) is 4.42 Å². The molecule has 0 aliphatic carbocycles. The fourth-order valence-corrected chi connectivity index (χ4v) is 2.90. The van der Waals surface area contributed by atoms with Gasteiger partial charge in [-0.15, -0.1) is 5.10 Å². The Bertz CT molecular complexity index is 561. The van der Waals surface area contributed by atoms with Gasteiger partial charge in [0.1, 0.15) is 0 Å². The number of furan rings is 1. The van der Waals surface area contributed by atoms with E-state index < -0.39 is 0 Å². The van der Waals surface area contributed by atoms with Crippen molar-refractivity contribution < 1.29 is 9.21 Å². The third-order valence-corrected chi connectivity index (χ3v) is 4.09. The first-order valence-corrected chi connectivity index (χ1v) is 7.68. The van der Waals surface area contributed by atoms with Gasteiger partial charge in [0.05, 0.1) is 12.0 Å². The molecule has 3 rings (SSSR count). The first-order valence-electron chi connectivity index (χ1n) is 6.70. The van der Waals surface area contributed by atoms with Crippen LogP contribution in [0.2, 0.25) is 0 Å². The topological polar surface area (TPSA) is 75.0 Å². The van der Waals surface area contributed by atoms with Gasteiger partial charge < -0.3 is 9.32 Å². The van der Waals surface area contributed by atoms with Crippen LogP contribution < -0.4 is 0 Å². The Labute approximate surface area is 120 Å². The number of carbonyl (C=O) groups excluding carboxylic acids is 1. The van der Waals surface area contributed by atoms with Crippen molar-refractivity contribution in [1.29, 1.82) is 0 Å². The number of aromatic nitrogens is 3. The van der Waals surface area contributed by atoms with Gasteiger partial charge in [0.15, 0.2) is 11.6 Å². The van der Waals surface area contributed by atoms with Crippen molar-refractivity contribution in [2.75, 3.05) is 18.8 Å². The van der Waals surface area contributed by atoms with E-state index in [1.54, 1.807) is 12.3 Å². The van der Waals surface area contributed by atoms with Gasteiger partial charge in [-0.2, -0.15) is 4.98 Å². The van der Waals surface area contributed by atoms with Crippen molar-refractivity contribution in [3.05, 3.63) is 18.4 Å². The number of hydrogen-bond donors (Lipinski definition) is 1. The predicted molar refractivity (Wildman–Crippen MR) is 75.2 cm³/mol. The molecule has 0 radical (unpaired) electrons. The van der Waals surface area contributed by atoms with Crippen molar-refractivity contribution >= 4 is 17.7 Å². The van der Waals surface area contributed by atoms with Crippen LogP contribution in [0.3, 0.4) is 0 Å². The number of aromatic amines is 1. The molecule has 20 heavy (non-hydrogen) atoms. The van der Waals surface area contributed by atoms with Crippen molar-refractivity contribution in [3.63, 3.8) is 0 Å². The molecule has 6 nitrogen and oxygen atoms in total. The van der Waals surface area contributed by atoms with Gasteiger partial charge in [-0.1, -0.05) is 11.8 Å². The molecule has 0 unspecified atom stereocenters. The molecule has 1 aliphatic rings. The van der Waals surface area contributed by atoms with Crippen molar-refractivity contribution in [3.8, 4) is 11.6 Å². The predicted octanol–water partition coefficient (Wildman–Crippen LogP) is 2.17. The average Bonchev–Trinajstić information content (AvgIpc) is 3.16. The highest BCUT2D eigenvalue weighted by atomic mass is 32.2. The lowest BCUT2D eigenvalue weighted by Gasteiger charge is -2.26. The minimum atomic E-state index is 0.166. The van der Waals surface area contributed by atoms with E-state index >= 15 is 0 Å².